The molecule has 0 amide bonds. The average molecular weight is 420 g/mol. The number of hydrogen-bond acceptors (Lipinski definition) is 5. The summed E-state index contributed by atoms with van der Waals surface area (Å²) in [5.74, 6) is 1.21. The highest BCUT2D eigenvalue weighted by Gasteiger charge is 2.26. The molecule has 4 heterocycles. The highest BCUT2D eigenvalue weighted by Crippen LogP contribution is 2.27. The molecule has 2 saturated heterocycles. The third kappa shape index (κ3) is 4.79. The molecule has 4 rings (SSSR count). The first-order chi connectivity index (χ1) is 14.5. The van der Waals surface area contributed by atoms with Gasteiger partial charge in [-0.1, -0.05) is 12.8 Å². The Morgan fingerprint density at radius 3 is 2.47 bits per heavy atom. The predicted molar refractivity (Wildman–Crippen MR) is 113 cm³/mol. The molecule has 0 aromatic carbocycles. The number of piperidine rings is 1. The van der Waals surface area contributed by atoms with Gasteiger partial charge in [-0.3, -0.25) is 9.69 Å². The number of Topliss-reactive ketones (excluding diaryl/α,β-unsaturated/α-hetero) is 1. The Labute approximate surface area is 176 Å². The van der Waals surface area contributed by atoms with Gasteiger partial charge in [-0.2, -0.15) is 5.10 Å². The van der Waals surface area contributed by atoms with Crippen molar-refractivity contribution in [2.24, 2.45) is 13.0 Å². The van der Waals surface area contributed by atoms with Gasteiger partial charge in [0.25, 0.3) is 6.43 Å². The molecule has 0 saturated carbocycles. The fourth-order valence-electron chi connectivity index (χ4n) is 4.73. The van der Waals surface area contributed by atoms with Crippen molar-refractivity contribution >= 4 is 22.6 Å². The third-order valence-corrected chi connectivity index (χ3v) is 6.44. The van der Waals surface area contributed by atoms with Gasteiger partial charge in [0.15, 0.2) is 11.4 Å². The number of carbonyl (C=O) groups excluding carboxylic acids is 1. The van der Waals surface area contributed by atoms with Crippen LogP contribution in [0.15, 0.2) is 12.1 Å². The molecule has 0 spiro atoms. The SMILES string of the molecule is Cn1nc(C(=O)CC2CCN(CC(F)F)CC2)c2ccc(N3CCCCCC3)nc21. The van der Waals surface area contributed by atoms with Gasteiger partial charge < -0.3 is 4.90 Å². The summed E-state index contributed by atoms with van der Waals surface area (Å²) in [6.07, 6.45) is 4.59. The van der Waals surface area contributed by atoms with Gasteiger partial charge in [-0.25, -0.2) is 18.4 Å². The van der Waals surface area contributed by atoms with Crippen LogP contribution in [-0.2, 0) is 7.05 Å². The lowest BCUT2D eigenvalue weighted by Crippen LogP contribution is -2.37. The lowest BCUT2D eigenvalue weighted by molar-refractivity contribution is 0.0655. The van der Waals surface area contributed by atoms with Gasteiger partial charge in [0.2, 0.25) is 0 Å². The summed E-state index contributed by atoms with van der Waals surface area (Å²) in [6.45, 7) is 3.13. The number of aryl methyl sites for hydroxylation is 1. The number of hydrogen-bond donors (Lipinski definition) is 0. The molecule has 0 N–H and O–H groups in total. The first-order valence-electron chi connectivity index (χ1n) is 11.1. The molecule has 0 aliphatic carbocycles. The van der Waals surface area contributed by atoms with E-state index >= 15 is 0 Å². The monoisotopic (exact) mass is 419 g/mol. The van der Waals surface area contributed by atoms with Crippen molar-refractivity contribution in [2.75, 3.05) is 37.6 Å². The van der Waals surface area contributed by atoms with Crippen LogP contribution in [0.3, 0.4) is 0 Å². The molecule has 2 aliphatic rings. The van der Waals surface area contributed by atoms with Crippen LogP contribution in [0.4, 0.5) is 14.6 Å². The number of fused-ring (bicyclic) bond motifs is 1. The number of aromatic nitrogens is 3. The van der Waals surface area contributed by atoms with E-state index in [4.69, 9.17) is 4.98 Å². The van der Waals surface area contributed by atoms with E-state index in [1.54, 1.807) is 9.58 Å². The number of nitrogens with zero attached hydrogens (tertiary/aromatic N) is 5. The first kappa shape index (κ1) is 21.2. The van der Waals surface area contributed by atoms with Crippen LogP contribution < -0.4 is 4.90 Å². The number of ketones is 1. The number of anilines is 1. The molecule has 8 heteroatoms. The van der Waals surface area contributed by atoms with Crippen molar-refractivity contribution in [3.63, 3.8) is 0 Å². The molecule has 0 bridgehead atoms. The maximum Gasteiger partial charge on any atom is 0.251 e. The molecule has 164 valence electrons. The standard InChI is InChI=1S/C22H31F2N5O/c1-27-22-17(6-7-20(25-22)29-10-4-2-3-5-11-29)21(26-27)18(30)14-16-8-12-28(13-9-16)15-19(23)24/h6-7,16,19H,2-5,8-15H2,1H3. The maximum atomic E-state index is 13.0. The zero-order chi connectivity index (χ0) is 21.1. The Bertz CT molecular complexity index is 868. The molecule has 2 fully saturated rings. The van der Waals surface area contributed by atoms with Crippen molar-refractivity contribution in [1.29, 1.82) is 0 Å². The van der Waals surface area contributed by atoms with Gasteiger partial charge in [-0.05, 0) is 56.8 Å². The van der Waals surface area contributed by atoms with E-state index in [0.717, 1.165) is 42.8 Å². The molecule has 30 heavy (non-hydrogen) atoms. The summed E-state index contributed by atoms with van der Waals surface area (Å²) in [5, 5.41) is 5.29. The lowest BCUT2D eigenvalue weighted by Gasteiger charge is -2.31. The molecule has 2 aromatic rings. The van der Waals surface area contributed by atoms with E-state index in [2.05, 4.69) is 10.00 Å². The average Bonchev–Trinajstić information content (AvgIpc) is 2.90. The van der Waals surface area contributed by atoms with Crippen LogP contribution in [0, 0.1) is 5.92 Å². The Kier molecular flexibility index (Phi) is 6.61. The van der Waals surface area contributed by atoms with Gasteiger partial charge in [0.1, 0.15) is 11.5 Å². The summed E-state index contributed by atoms with van der Waals surface area (Å²) < 4.78 is 26.8. The largest absolute Gasteiger partial charge is 0.357 e. The maximum absolute atomic E-state index is 13.0. The second-order valence-electron chi connectivity index (χ2n) is 8.68. The summed E-state index contributed by atoms with van der Waals surface area (Å²) >= 11 is 0. The quantitative estimate of drug-likeness (QED) is 0.665. The van der Waals surface area contributed by atoms with Gasteiger partial charge in [0.05, 0.1) is 11.9 Å². The minimum Gasteiger partial charge on any atom is -0.357 e. The molecule has 0 unspecified atom stereocenters. The number of halogens is 2. The topological polar surface area (TPSA) is 54.3 Å². The Morgan fingerprint density at radius 2 is 1.80 bits per heavy atom. The Balaban J connectivity index is 1.44. The van der Waals surface area contributed by atoms with Gasteiger partial charge in [-0.15, -0.1) is 0 Å². The zero-order valence-corrected chi connectivity index (χ0v) is 17.7. The highest BCUT2D eigenvalue weighted by atomic mass is 19.3. The summed E-state index contributed by atoms with van der Waals surface area (Å²) in [4.78, 5) is 21.9. The van der Waals surface area contributed by atoms with Gasteiger partial charge >= 0.3 is 0 Å². The van der Waals surface area contributed by atoms with Gasteiger partial charge in [0, 0.05) is 26.6 Å². The first-order valence-corrected chi connectivity index (χ1v) is 11.1. The van der Waals surface area contributed by atoms with Crippen LogP contribution in [0.2, 0.25) is 0 Å². The van der Waals surface area contributed by atoms with Crippen molar-refractivity contribution in [1.82, 2.24) is 19.7 Å². The third-order valence-electron chi connectivity index (χ3n) is 6.44. The second-order valence-corrected chi connectivity index (χ2v) is 8.68. The van der Waals surface area contributed by atoms with Crippen LogP contribution in [0.5, 0.6) is 0 Å². The number of alkyl halides is 2. The van der Waals surface area contributed by atoms with E-state index in [1.165, 1.54) is 25.7 Å². The van der Waals surface area contributed by atoms with Crippen LogP contribution in [0.1, 0.15) is 55.4 Å². The summed E-state index contributed by atoms with van der Waals surface area (Å²) in [6, 6.07) is 3.99. The normalized spacial score (nSPS) is 19.5. The molecule has 0 radical (unpaired) electrons. The molecule has 0 atom stereocenters. The van der Waals surface area contributed by atoms with E-state index < -0.39 is 6.43 Å². The van der Waals surface area contributed by atoms with Crippen molar-refractivity contribution < 1.29 is 13.6 Å². The van der Waals surface area contributed by atoms with Crippen molar-refractivity contribution in [2.45, 2.75) is 51.4 Å². The van der Waals surface area contributed by atoms with Crippen molar-refractivity contribution in [3.8, 4) is 0 Å². The number of carbonyl (C=O) groups is 1. The number of rotatable bonds is 6. The second kappa shape index (κ2) is 9.37. The highest BCUT2D eigenvalue weighted by molar-refractivity contribution is 6.05. The van der Waals surface area contributed by atoms with Crippen LogP contribution in [0.25, 0.3) is 11.0 Å². The van der Waals surface area contributed by atoms with E-state index in [-0.39, 0.29) is 18.2 Å². The summed E-state index contributed by atoms with van der Waals surface area (Å²) in [7, 11) is 1.83. The van der Waals surface area contributed by atoms with Crippen molar-refractivity contribution in [3.05, 3.63) is 17.8 Å². The summed E-state index contributed by atoms with van der Waals surface area (Å²) in [5.41, 5.74) is 1.23. The van der Waals surface area contributed by atoms with E-state index in [0.29, 0.717) is 25.2 Å². The lowest BCUT2D eigenvalue weighted by atomic mass is 9.90. The fourth-order valence-corrected chi connectivity index (χ4v) is 4.73. The molecular weight excluding hydrogens is 388 g/mol. The minimum absolute atomic E-state index is 0.0252. The number of likely N-dealkylation sites (tertiary alicyclic amines) is 1. The fraction of sp³-hybridized carbons (Fsp3) is 0.682. The van der Waals surface area contributed by atoms with Crippen LogP contribution in [-0.4, -0.2) is 64.6 Å². The minimum atomic E-state index is -2.30. The van der Waals surface area contributed by atoms with E-state index in [9.17, 15) is 13.6 Å². The molecule has 2 aromatic heterocycles. The molecular formula is C22H31F2N5O. The smallest absolute Gasteiger partial charge is 0.251 e. The Morgan fingerprint density at radius 1 is 1.10 bits per heavy atom. The molecule has 2 aliphatic heterocycles. The van der Waals surface area contributed by atoms with Crippen LogP contribution >= 0.6 is 0 Å². The number of pyridine rings is 1. The van der Waals surface area contributed by atoms with E-state index in [1.807, 2.05) is 19.2 Å². The predicted octanol–water partition coefficient (Wildman–Crippen LogP) is 3.90. The zero-order valence-electron chi connectivity index (χ0n) is 17.7. The Hall–Kier alpha value is -2.09. The molecule has 6 nitrogen and oxygen atoms in total.